The first-order chi connectivity index (χ1) is 10.9. The lowest BCUT2D eigenvalue weighted by Crippen LogP contribution is -2.41. The van der Waals surface area contributed by atoms with Crippen LogP contribution in [0.2, 0.25) is 0 Å². The van der Waals surface area contributed by atoms with Gasteiger partial charge in [-0.1, -0.05) is 17.2 Å². The van der Waals surface area contributed by atoms with Crippen molar-refractivity contribution in [1.29, 1.82) is 0 Å². The highest BCUT2D eigenvalue weighted by Gasteiger charge is 2.51. The minimum absolute atomic E-state index is 0.201. The maximum absolute atomic E-state index is 13.1. The minimum atomic E-state index is -4.73. The molecule has 0 atom stereocenters. The molecule has 1 aliphatic rings. The first kappa shape index (κ1) is 18.7. The predicted octanol–water partition coefficient (Wildman–Crippen LogP) is 3.04. The van der Waals surface area contributed by atoms with E-state index in [1.54, 1.807) is 13.0 Å². The Morgan fingerprint density at radius 3 is 2.25 bits per heavy atom. The highest BCUT2D eigenvalue weighted by molar-refractivity contribution is 7.85. The fraction of sp³-hybridized carbons (Fsp3) is 0.571. The number of rotatable bonds is 4. The summed E-state index contributed by atoms with van der Waals surface area (Å²) in [5.41, 5.74) is 8.80. The van der Waals surface area contributed by atoms with Crippen LogP contribution in [0.5, 0.6) is 0 Å². The molecule has 0 radical (unpaired) electrons. The van der Waals surface area contributed by atoms with Gasteiger partial charge in [-0.15, -0.1) is 3.89 Å². The Labute approximate surface area is 141 Å². The molecule has 10 heteroatoms. The van der Waals surface area contributed by atoms with E-state index in [1.807, 2.05) is 27.7 Å². The van der Waals surface area contributed by atoms with Crippen molar-refractivity contribution >= 4 is 28.5 Å². The SMILES string of the molecule is Cc1c(CS(=O)(=O)F)cc(B2OC(C)(C)C(C)(C)O2)cc1N=[N+]=[N-]. The molecular formula is C14H19BFN3O4S. The van der Waals surface area contributed by atoms with Crippen LogP contribution < -0.4 is 5.46 Å². The van der Waals surface area contributed by atoms with Crippen LogP contribution in [0.4, 0.5) is 9.57 Å². The van der Waals surface area contributed by atoms with Gasteiger partial charge in [0.1, 0.15) is 5.75 Å². The van der Waals surface area contributed by atoms with Gasteiger partial charge in [0, 0.05) is 10.6 Å². The summed E-state index contributed by atoms with van der Waals surface area (Å²) in [7, 11) is -5.51. The second-order valence-corrected chi connectivity index (χ2v) is 8.15. The van der Waals surface area contributed by atoms with E-state index >= 15 is 0 Å². The second-order valence-electron chi connectivity index (χ2n) is 6.79. The summed E-state index contributed by atoms with van der Waals surface area (Å²) in [6.07, 6.45) is 0. The fourth-order valence-corrected chi connectivity index (χ4v) is 3.06. The molecule has 130 valence electrons. The van der Waals surface area contributed by atoms with Gasteiger partial charge in [0.25, 0.3) is 0 Å². The molecule has 0 spiro atoms. The molecule has 0 unspecified atom stereocenters. The molecule has 0 aromatic heterocycles. The van der Waals surface area contributed by atoms with Gasteiger partial charge in [0.2, 0.25) is 0 Å². The zero-order valence-corrected chi connectivity index (χ0v) is 15.0. The van der Waals surface area contributed by atoms with Crippen molar-refractivity contribution in [1.82, 2.24) is 0 Å². The van der Waals surface area contributed by atoms with Gasteiger partial charge in [-0.05, 0) is 56.7 Å². The third kappa shape index (κ3) is 3.72. The quantitative estimate of drug-likeness (QED) is 0.272. The molecule has 1 aliphatic heterocycles. The summed E-state index contributed by atoms with van der Waals surface area (Å²) in [5, 5.41) is 3.55. The van der Waals surface area contributed by atoms with Gasteiger partial charge < -0.3 is 9.31 Å². The minimum Gasteiger partial charge on any atom is -0.399 e. The Hall–Kier alpha value is -1.61. The average Bonchev–Trinajstić information content (AvgIpc) is 2.61. The molecule has 0 amide bonds. The number of halogens is 1. The lowest BCUT2D eigenvalue weighted by Gasteiger charge is -2.32. The van der Waals surface area contributed by atoms with Crippen LogP contribution in [0.15, 0.2) is 17.2 Å². The van der Waals surface area contributed by atoms with E-state index in [0.717, 1.165) is 0 Å². The van der Waals surface area contributed by atoms with E-state index < -0.39 is 34.3 Å². The monoisotopic (exact) mass is 355 g/mol. The van der Waals surface area contributed by atoms with Gasteiger partial charge in [-0.25, -0.2) is 0 Å². The molecule has 1 saturated heterocycles. The molecule has 7 nitrogen and oxygen atoms in total. The van der Waals surface area contributed by atoms with E-state index in [2.05, 4.69) is 10.0 Å². The second kappa shape index (κ2) is 6.04. The Bertz CT molecular complexity index is 804. The van der Waals surface area contributed by atoms with Gasteiger partial charge in [-0.2, -0.15) is 8.42 Å². The van der Waals surface area contributed by atoms with Crippen LogP contribution in [-0.4, -0.2) is 26.7 Å². The van der Waals surface area contributed by atoms with Crippen LogP contribution >= 0.6 is 0 Å². The van der Waals surface area contributed by atoms with Crippen LogP contribution in [-0.2, 0) is 25.3 Å². The zero-order valence-electron chi connectivity index (χ0n) is 14.2. The standard InChI is InChI=1S/C14H19BFN3O4S/c1-9-10(8-24(16,20)21)6-11(7-12(9)18-19-17)15-22-13(2,3)14(4,5)23-15/h6-7H,8H2,1-5H3. The topological polar surface area (TPSA) is 101 Å². The van der Waals surface area contributed by atoms with Crippen molar-refractivity contribution < 1.29 is 21.6 Å². The molecule has 1 fully saturated rings. The molecular weight excluding hydrogens is 336 g/mol. The van der Waals surface area contributed by atoms with Gasteiger partial charge in [-0.3, -0.25) is 0 Å². The molecule has 24 heavy (non-hydrogen) atoms. The number of nitrogens with zero attached hydrogens (tertiary/aromatic N) is 3. The van der Waals surface area contributed by atoms with E-state index in [9.17, 15) is 12.3 Å². The summed E-state index contributed by atoms with van der Waals surface area (Å²) >= 11 is 0. The summed E-state index contributed by atoms with van der Waals surface area (Å²) in [5.74, 6) is -0.805. The van der Waals surface area contributed by atoms with Gasteiger partial charge in [0.15, 0.2) is 0 Å². The predicted molar refractivity (Wildman–Crippen MR) is 89.4 cm³/mol. The van der Waals surface area contributed by atoms with Crippen LogP contribution in [0, 0.1) is 6.92 Å². The lowest BCUT2D eigenvalue weighted by molar-refractivity contribution is 0.00578. The van der Waals surface area contributed by atoms with Crippen molar-refractivity contribution in [3.63, 3.8) is 0 Å². The summed E-state index contributed by atoms with van der Waals surface area (Å²) < 4.78 is 47.0. The number of hydrogen-bond acceptors (Lipinski definition) is 5. The van der Waals surface area contributed by atoms with Gasteiger partial charge >= 0.3 is 17.3 Å². The van der Waals surface area contributed by atoms with Crippen molar-refractivity contribution in [2.24, 2.45) is 5.11 Å². The zero-order chi connectivity index (χ0) is 18.3. The lowest BCUT2D eigenvalue weighted by atomic mass is 9.77. The van der Waals surface area contributed by atoms with Crippen molar-refractivity contribution in [3.8, 4) is 0 Å². The summed E-state index contributed by atoms with van der Waals surface area (Å²) in [6, 6.07) is 3.07. The molecule has 0 aliphatic carbocycles. The van der Waals surface area contributed by atoms with Crippen LogP contribution in [0.3, 0.4) is 0 Å². The highest BCUT2D eigenvalue weighted by Crippen LogP contribution is 2.37. The normalized spacial score (nSPS) is 19.2. The molecule has 1 aromatic rings. The maximum atomic E-state index is 13.1. The van der Waals surface area contributed by atoms with Crippen molar-refractivity contribution in [3.05, 3.63) is 33.7 Å². The van der Waals surface area contributed by atoms with Crippen LogP contribution in [0.25, 0.3) is 10.4 Å². The molecule has 1 heterocycles. The third-order valence-electron chi connectivity index (χ3n) is 4.52. The molecule has 0 N–H and O–H groups in total. The third-order valence-corrected chi connectivity index (χ3v) is 5.17. The Morgan fingerprint density at radius 1 is 1.25 bits per heavy atom. The van der Waals surface area contributed by atoms with E-state index in [1.165, 1.54) is 6.07 Å². The maximum Gasteiger partial charge on any atom is 0.494 e. The Morgan fingerprint density at radius 2 is 1.79 bits per heavy atom. The Kier molecular flexibility index (Phi) is 4.71. The van der Waals surface area contributed by atoms with Crippen molar-refractivity contribution in [2.75, 3.05) is 0 Å². The van der Waals surface area contributed by atoms with E-state index in [0.29, 0.717) is 11.0 Å². The number of azide groups is 1. The van der Waals surface area contributed by atoms with Crippen molar-refractivity contribution in [2.45, 2.75) is 51.6 Å². The Balaban J connectivity index is 2.53. The number of hydrogen-bond donors (Lipinski definition) is 0. The van der Waals surface area contributed by atoms with Crippen LogP contribution in [0.1, 0.15) is 38.8 Å². The fourth-order valence-electron chi connectivity index (χ4n) is 2.38. The number of benzene rings is 1. The summed E-state index contributed by atoms with van der Waals surface area (Å²) in [6.45, 7) is 9.08. The highest BCUT2D eigenvalue weighted by atomic mass is 32.3. The first-order valence-electron chi connectivity index (χ1n) is 7.33. The first-order valence-corrected chi connectivity index (χ1v) is 8.88. The molecule has 0 saturated carbocycles. The average molecular weight is 355 g/mol. The van der Waals surface area contributed by atoms with E-state index in [-0.39, 0.29) is 11.3 Å². The van der Waals surface area contributed by atoms with E-state index in [4.69, 9.17) is 14.8 Å². The molecule has 1 aromatic carbocycles. The van der Waals surface area contributed by atoms with Gasteiger partial charge in [0.05, 0.1) is 11.2 Å². The molecule has 2 rings (SSSR count). The summed E-state index contributed by atoms with van der Waals surface area (Å²) in [4.78, 5) is 2.73. The largest absolute Gasteiger partial charge is 0.494 e. The molecule has 0 bridgehead atoms. The smallest absolute Gasteiger partial charge is 0.399 e.